The van der Waals surface area contributed by atoms with Crippen molar-refractivity contribution in [1.29, 1.82) is 0 Å². The Labute approximate surface area is 112 Å². The molecule has 2 aromatic rings. The van der Waals surface area contributed by atoms with Crippen LogP contribution in [0.25, 0.3) is 0 Å². The zero-order valence-corrected chi connectivity index (χ0v) is 10.8. The third-order valence-corrected chi connectivity index (χ3v) is 2.77. The van der Waals surface area contributed by atoms with Crippen molar-refractivity contribution >= 4 is 5.97 Å². The second kappa shape index (κ2) is 6.05. The van der Waals surface area contributed by atoms with Crippen molar-refractivity contribution in [1.82, 2.24) is 0 Å². The molecule has 0 bridgehead atoms. The van der Waals surface area contributed by atoms with Crippen molar-refractivity contribution in [3.8, 4) is 5.75 Å². The molecular weight excluding hydrogens is 240 g/mol. The minimum absolute atomic E-state index is 0.0546. The van der Waals surface area contributed by atoms with E-state index in [1.54, 1.807) is 0 Å². The van der Waals surface area contributed by atoms with E-state index in [0.29, 0.717) is 6.61 Å². The molecule has 2 aromatic carbocycles. The number of rotatable bonds is 5. The molecule has 3 nitrogen and oxygen atoms in total. The van der Waals surface area contributed by atoms with Gasteiger partial charge in [-0.15, -0.1) is 0 Å². The summed E-state index contributed by atoms with van der Waals surface area (Å²) in [7, 11) is 0. The molecule has 0 unspecified atom stereocenters. The number of aryl methyl sites for hydroxylation is 1. The van der Waals surface area contributed by atoms with Gasteiger partial charge in [0.05, 0.1) is 6.42 Å². The molecule has 1 N–H and O–H groups in total. The van der Waals surface area contributed by atoms with Crippen molar-refractivity contribution in [2.45, 2.75) is 20.0 Å². The number of carbonyl (C=O) groups is 1. The summed E-state index contributed by atoms with van der Waals surface area (Å²) in [4.78, 5) is 10.6. The minimum Gasteiger partial charge on any atom is -0.489 e. The van der Waals surface area contributed by atoms with Gasteiger partial charge in [-0.2, -0.15) is 0 Å². The van der Waals surface area contributed by atoms with Crippen molar-refractivity contribution in [2.24, 2.45) is 0 Å². The van der Waals surface area contributed by atoms with Gasteiger partial charge in [0.25, 0.3) is 0 Å². The summed E-state index contributed by atoms with van der Waals surface area (Å²) in [6, 6.07) is 15.3. The van der Waals surface area contributed by atoms with Crippen LogP contribution in [0.5, 0.6) is 5.75 Å². The lowest BCUT2D eigenvalue weighted by Gasteiger charge is -2.07. The second-order valence-corrected chi connectivity index (χ2v) is 4.49. The summed E-state index contributed by atoms with van der Waals surface area (Å²) < 4.78 is 5.68. The van der Waals surface area contributed by atoms with Crippen LogP contribution in [0.2, 0.25) is 0 Å². The third kappa shape index (κ3) is 4.14. The zero-order valence-electron chi connectivity index (χ0n) is 10.8. The number of benzene rings is 2. The lowest BCUT2D eigenvalue weighted by atomic mass is 10.1. The lowest BCUT2D eigenvalue weighted by Crippen LogP contribution is -2.00. The van der Waals surface area contributed by atoms with E-state index in [0.717, 1.165) is 22.4 Å². The van der Waals surface area contributed by atoms with E-state index < -0.39 is 5.97 Å². The van der Waals surface area contributed by atoms with Crippen molar-refractivity contribution in [2.75, 3.05) is 0 Å². The Morgan fingerprint density at radius 1 is 1.11 bits per heavy atom. The predicted octanol–water partition coefficient (Wildman–Crippen LogP) is 3.20. The van der Waals surface area contributed by atoms with Gasteiger partial charge in [0, 0.05) is 0 Å². The molecule has 2 rings (SSSR count). The molecule has 0 saturated heterocycles. The largest absolute Gasteiger partial charge is 0.489 e. The topological polar surface area (TPSA) is 46.5 Å². The van der Waals surface area contributed by atoms with E-state index >= 15 is 0 Å². The molecule has 0 aromatic heterocycles. The maximum Gasteiger partial charge on any atom is 0.307 e. The molecule has 0 radical (unpaired) electrons. The molecule has 0 aliphatic rings. The molecule has 0 amide bonds. The van der Waals surface area contributed by atoms with Gasteiger partial charge < -0.3 is 9.84 Å². The highest BCUT2D eigenvalue weighted by atomic mass is 16.5. The summed E-state index contributed by atoms with van der Waals surface area (Å²) in [5.41, 5.74) is 2.98. The van der Waals surface area contributed by atoms with Crippen molar-refractivity contribution in [3.05, 3.63) is 65.2 Å². The maximum absolute atomic E-state index is 10.6. The van der Waals surface area contributed by atoms with Crippen LogP contribution in [0.3, 0.4) is 0 Å². The fourth-order valence-electron chi connectivity index (χ4n) is 1.80. The number of ether oxygens (including phenoxy) is 1. The van der Waals surface area contributed by atoms with Gasteiger partial charge in [-0.25, -0.2) is 0 Å². The SMILES string of the molecule is Cc1cccc(OCc2ccc(CC(=O)O)cc2)c1. The lowest BCUT2D eigenvalue weighted by molar-refractivity contribution is -0.136. The van der Waals surface area contributed by atoms with Crippen LogP contribution in [0.1, 0.15) is 16.7 Å². The first-order chi connectivity index (χ1) is 9.13. The smallest absolute Gasteiger partial charge is 0.307 e. The van der Waals surface area contributed by atoms with Crippen LogP contribution in [0.4, 0.5) is 0 Å². The number of carboxylic acid groups (broad SMARTS) is 1. The highest BCUT2D eigenvalue weighted by Gasteiger charge is 2.01. The quantitative estimate of drug-likeness (QED) is 0.893. The molecule has 98 valence electrons. The second-order valence-electron chi connectivity index (χ2n) is 4.49. The molecule has 0 fully saturated rings. The molecule has 19 heavy (non-hydrogen) atoms. The summed E-state index contributed by atoms with van der Waals surface area (Å²) >= 11 is 0. The molecule has 0 atom stereocenters. The Bertz CT molecular complexity index is 558. The normalized spacial score (nSPS) is 10.2. The van der Waals surface area contributed by atoms with Crippen molar-refractivity contribution in [3.63, 3.8) is 0 Å². The van der Waals surface area contributed by atoms with Crippen molar-refractivity contribution < 1.29 is 14.6 Å². The fourth-order valence-corrected chi connectivity index (χ4v) is 1.80. The first-order valence-electron chi connectivity index (χ1n) is 6.12. The Morgan fingerprint density at radius 2 is 1.79 bits per heavy atom. The Balaban J connectivity index is 1.94. The standard InChI is InChI=1S/C16H16O3/c1-12-3-2-4-15(9-12)19-11-14-7-5-13(6-8-14)10-16(17)18/h2-9H,10-11H2,1H3,(H,17,18). The first kappa shape index (κ1) is 13.1. The highest BCUT2D eigenvalue weighted by Crippen LogP contribution is 2.15. The summed E-state index contributed by atoms with van der Waals surface area (Å²) in [5.74, 6) is 0.0263. The van der Waals surface area contributed by atoms with Crippen LogP contribution in [-0.2, 0) is 17.8 Å². The monoisotopic (exact) mass is 256 g/mol. The zero-order chi connectivity index (χ0) is 13.7. The fraction of sp³-hybridized carbons (Fsp3) is 0.188. The third-order valence-electron chi connectivity index (χ3n) is 2.77. The summed E-state index contributed by atoms with van der Waals surface area (Å²) in [5, 5.41) is 8.69. The van der Waals surface area contributed by atoms with Crippen LogP contribution in [-0.4, -0.2) is 11.1 Å². The van der Waals surface area contributed by atoms with E-state index in [4.69, 9.17) is 9.84 Å². The van der Waals surface area contributed by atoms with Crippen LogP contribution in [0, 0.1) is 6.92 Å². The average molecular weight is 256 g/mol. The van der Waals surface area contributed by atoms with E-state index in [-0.39, 0.29) is 6.42 Å². The molecule has 0 saturated carbocycles. The number of hydrogen-bond donors (Lipinski definition) is 1. The molecular formula is C16H16O3. The Morgan fingerprint density at radius 3 is 2.42 bits per heavy atom. The van der Waals surface area contributed by atoms with Gasteiger partial charge in [0.2, 0.25) is 0 Å². The van der Waals surface area contributed by atoms with E-state index in [1.165, 1.54) is 0 Å². The molecule has 3 heteroatoms. The Kier molecular flexibility index (Phi) is 4.18. The van der Waals surface area contributed by atoms with E-state index in [9.17, 15) is 4.79 Å². The van der Waals surface area contributed by atoms with Gasteiger partial charge in [0.15, 0.2) is 0 Å². The van der Waals surface area contributed by atoms with Gasteiger partial charge in [-0.05, 0) is 35.7 Å². The predicted molar refractivity (Wildman–Crippen MR) is 73.3 cm³/mol. The molecule has 0 aliphatic heterocycles. The number of hydrogen-bond acceptors (Lipinski definition) is 2. The maximum atomic E-state index is 10.6. The molecule has 0 aliphatic carbocycles. The first-order valence-corrected chi connectivity index (χ1v) is 6.12. The van der Waals surface area contributed by atoms with Gasteiger partial charge in [-0.1, -0.05) is 36.4 Å². The summed E-state index contributed by atoms with van der Waals surface area (Å²) in [6.45, 7) is 2.50. The molecule has 0 heterocycles. The van der Waals surface area contributed by atoms with E-state index in [2.05, 4.69) is 0 Å². The minimum atomic E-state index is -0.816. The number of aliphatic carboxylic acids is 1. The highest BCUT2D eigenvalue weighted by molar-refractivity contribution is 5.70. The Hall–Kier alpha value is -2.29. The van der Waals surface area contributed by atoms with Gasteiger partial charge in [0.1, 0.15) is 12.4 Å². The van der Waals surface area contributed by atoms with Crippen LogP contribution >= 0.6 is 0 Å². The number of carboxylic acids is 1. The molecule has 0 spiro atoms. The van der Waals surface area contributed by atoms with E-state index in [1.807, 2.05) is 55.5 Å². The average Bonchev–Trinajstić information content (AvgIpc) is 2.37. The summed E-state index contributed by atoms with van der Waals surface area (Å²) in [6.07, 6.45) is 0.0546. The van der Waals surface area contributed by atoms with Gasteiger partial charge >= 0.3 is 5.97 Å². The van der Waals surface area contributed by atoms with Gasteiger partial charge in [-0.3, -0.25) is 4.79 Å². The van der Waals surface area contributed by atoms with Crippen LogP contribution < -0.4 is 4.74 Å². The van der Waals surface area contributed by atoms with Crippen LogP contribution in [0.15, 0.2) is 48.5 Å².